The molecule has 0 saturated carbocycles. The van der Waals surface area contributed by atoms with Gasteiger partial charge >= 0.3 is 0 Å². The van der Waals surface area contributed by atoms with Crippen molar-refractivity contribution < 1.29 is 9.13 Å². The summed E-state index contributed by atoms with van der Waals surface area (Å²) in [5, 5.41) is 5.97. The summed E-state index contributed by atoms with van der Waals surface area (Å²) in [6, 6.07) is 11.7. The van der Waals surface area contributed by atoms with Crippen LogP contribution in [-0.2, 0) is 4.74 Å². The molecule has 2 aromatic heterocycles. The number of nitrogen functional groups attached to an aromatic ring is 1. The zero-order chi connectivity index (χ0) is 26.9. The number of halogens is 3. The molecule has 2 aliphatic heterocycles. The fraction of sp³-hybridized carbons (Fsp3) is 0.370. The molecule has 2 saturated heterocycles. The summed E-state index contributed by atoms with van der Waals surface area (Å²) in [4.78, 5) is 16.7. The van der Waals surface area contributed by atoms with E-state index in [2.05, 4.69) is 19.8 Å². The lowest BCUT2D eigenvalue weighted by molar-refractivity contribution is 0.0331. The van der Waals surface area contributed by atoms with Gasteiger partial charge in [-0.3, -0.25) is 9.80 Å². The molecule has 2 N–H and O–H groups in total. The Hall–Kier alpha value is -3.02. The van der Waals surface area contributed by atoms with Crippen LogP contribution in [0.5, 0.6) is 0 Å². The third-order valence-corrected chi connectivity index (χ3v) is 8.06. The van der Waals surface area contributed by atoms with Gasteiger partial charge in [0.1, 0.15) is 11.6 Å². The second-order valence-corrected chi connectivity index (χ2v) is 10.5. The van der Waals surface area contributed by atoms with Crippen LogP contribution in [0.3, 0.4) is 0 Å². The minimum absolute atomic E-state index is 0.293. The average Bonchev–Trinajstić information content (AvgIpc) is 3.30. The van der Waals surface area contributed by atoms with Gasteiger partial charge < -0.3 is 15.4 Å². The van der Waals surface area contributed by atoms with E-state index in [0.717, 1.165) is 65.6 Å². The third-order valence-electron chi connectivity index (χ3n) is 7.33. The van der Waals surface area contributed by atoms with Gasteiger partial charge in [0.25, 0.3) is 0 Å². The monoisotopic (exact) mass is 570 g/mol. The Kier molecular flexibility index (Phi) is 7.55. The molecule has 2 aliphatic rings. The van der Waals surface area contributed by atoms with Crippen LogP contribution < -0.4 is 10.6 Å². The van der Waals surface area contributed by atoms with Gasteiger partial charge in [-0.1, -0.05) is 35.3 Å². The molecule has 204 valence electrons. The average molecular weight is 571 g/mol. The van der Waals surface area contributed by atoms with E-state index >= 15 is 4.39 Å². The molecule has 0 spiro atoms. The zero-order valence-electron chi connectivity index (χ0n) is 21.4. The molecule has 0 radical (unpaired) electrons. The number of benzene rings is 2. The number of hydrogen-bond acceptors (Lipinski definition) is 8. The molecular weight excluding hydrogens is 542 g/mol. The van der Waals surface area contributed by atoms with Gasteiger partial charge in [-0.05, 0) is 30.3 Å². The minimum Gasteiger partial charge on any atom is -0.383 e. The standard InChI is InChI=1S/C27H29Cl2FN8O/c28-20-6-5-18(17-21(20)29)38-25(31)23-24(19-3-1-2-4-22(19)30)32-27(33-26(23)34-38)37-11-9-35(10-12-37)7-8-36-13-15-39-16-14-36/h1-6,17H,7-16,31H2. The van der Waals surface area contributed by atoms with Gasteiger partial charge in [0.15, 0.2) is 5.65 Å². The lowest BCUT2D eigenvalue weighted by atomic mass is 10.1. The first kappa shape index (κ1) is 26.2. The Morgan fingerprint density at radius 2 is 1.59 bits per heavy atom. The number of nitrogens with two attached hydrogens (primary N) is 1. The summed E-state index contributed by atoms with van der Waals surface area (Å²) in [5.74, 6) is 0.409. The van der Waals surface area contributed by atoms with Crippen LogP contribution in [0.1, 0.15) is 0 Å². The van der Waals surface area contributed by atoms with E-state index in [9.17, 15) is 0 Å². The molecule has 12 heteroatoms. The van der Waals surface area contributed by atoms with Crippen molar-refractivity contribution >= 4 is 46.0 Å². The Morgan fingerprint density at radius 1 is 0.872 bits per heavy atom. The van der Waals surface area contributed by atoms with Crippen LogP contribution >= 0.6 is 23.2 Å². The molecule has 0 atom stereocenters. The highest BCUT2D eigenvalue weighted by Crippen LogP contribution is 2.35. The number of piperazine rings is 1. The van der Waals surface area contributed by atoms with Crippen molar-refractivity contribution in [3.05, 3.63) is 58.3 Å². The quantitative estimate of drug-likeness (QED) is 0.372. The maximum absolute atomic E-state index is 15.0. The largest absolute Gasteiger partial charge is 0.383 e. The molecule has 4 aromatic rings. The number of nitrogens with zero attached hydrogens (tertiary/aromatic N) is 7. The summed E-state index contributed by atoms with van der Waals surface area (Å²) in [6.45, 7) is 8.94. The van der Waals surface area contributed by atoms with Crippen LogP contribution in [-0.4, -0.2) is 95.1 Å². The molecule has 2 fully saturated rings. The summed E-state index contributed by atoms with van der Waals surface area (Å²) >= 11 is 12.4. The van der Waals surface area contributed by atoms with Crippen LogP contribution in [0.15, 0.2) is 42.5 Å². The van der Waals surface area contributed by atoms with Crippen molar-refractivity contribution in [1.82, 2.24) is 29.5 Å². The van der Waals surface area contributed by atoms with Crippen molar-refractivity contribution in [2.24, 2.45) is 0 Å². The number of hydrogen-bond donors (Lipinski definition) is 1. The molecule has 2 aromatic carbocycles. The first-order valence-electron chi connectivity index (χ1n) is 13.0. The van der Waals surface area contributed by atoms with E-state index in [4.69, 9.17) is 43.6 Å². The maximum Gasteiger partial charge on any atom is 0.228 e. The van der Waals surface area contributed by atoms with Crippen LogP contribution in [0.2, 0.25) is 10.0 Å². The smallest absolute Gasteiger partial charge is 0.228 e. The maximum atomic E-state index is 15.0. The Balaban J connectivity index is 1.31. The van der Waals surface area contributed by atoms with Gasteiger partial charge in [0.05, 0.1) is 40.0 Å². The second-order valence-electron chi connectivity index (χ2n) is 9.73. The number of aromatic nitrogens is 4. The van der Waals surface area contributed by atoms with Gasteiger partial charge in [-0.15, -0.1) is 5.10 Å². The molecule has 39 heavy (non-hydrogen) atoms. The van der Waals surface area contributed by atoms with E-state index in [1.165, 1.54) is 6.07 Å². The second kappa shape index (κ2) is 11.2. The van der Waals surface area contributed by atoms with Gasteiger partial charge in [-0.25, -0.2) is 14.1 Å². The van der Waals surface area contributed by atoms with E-state index < -0.39 is 5.82 Å². The highest BCUT2D eigenvalue weighted by atomic mass is 35.5. The topological polar surface area (TPSA) is 88.6 Å². The number of anilines is 2. The number of rotatable bonds is 6. The van der Waals surface area contributed by atoms with Crippen molar-refractivity contribution in [3.63, 3.8) is 0 Å². The Morgan fingerprint density at radius 3 is 2.31 bits per heavy atom. The summed E-state index contributed by atoms with van der Waals surface area (Å²) in [7, 11) is 0. The fourth-order valence-corrected chi connectivity index (χ4v) is 5.37. The molecule has 6 rings (SSSR count). The normalized spacial score (nSPS) is 17.3. The molecule has 9 nitrogen and oxygen atoms in total. The Bertz CT molecular complexity index is 1480. The minimum atomic E-state index is -0.391. The lowest BCUT2D eigenvalue weighted by Gasteiger charge is -2.36. The summed E-state index contributed by atoms with van der Waals surface area (Å²) in [6.07, 6.45) is 0. The zero-order valence-corrected chi connectivity index (χ0v) is 22.9. The van der Waals surface area contributed by atoms with Gasteiger partial charge in [-0.2, -0.15) is 4.98 Å². The van der Waals surface area contributed by atoms with Crippen molar-refractivity contribution in [1.29, 1.82) is 0 Å². The van der Waals surface area contributed by atoms with Crippen molar-refractivity contribution in [2.45, 2.75) is 0 Å². The van der Waals surface area contributed by atoms with E-state index in [1.54, 1.807) is 41.1 Å². The molecule has 0 unspecified atom stereocenters. The lowest BCUT2D eigenvalue weighted by Crippen LogP contribution is -2.49. The highest BCUT2D eigenvalue weighted by Gasteiger charge is 2.25. The molecular formula is C27H29Cl2FN8O. The predicted molar refractivity (Wildman–Crippen MR) is 152 cm³/mol. The Labute approximate surface area is 235 Å². The number of fused-ring (bicyclic) bond motifs is 1. The summed E-state index contributed by atoms with van der Waals surface area (Å²) in [5.41, 5.74) is 8.34. The summed E-state index contributed by atoms with van der Waals surface area (Å²) < 4.78 is 22.0. The van der Waals surface area contributed by atoms with Crippen LogP contribution in [0.4, 0.5) is 16.2 Å². The van der Waals surface area contributed by atoms with E-state index in [1.807, 2.05) is 0 Å². The first-order chi connectivity index (χ1) is 19.0. The molecule has 0 bridgehead atoms. The first-order valence-corrected chi connectivity index (χ1v) is 13.8. The molecule has 0 amide bonds. The SMILES string of the molecule is Nc1c2c(-c3ccccc3F)nc(N3CCN(CCN4CCOCC4)CC3)nc2nn1-c1ccc(Cl)c(Cl)c1. The fourth-order valence-electron chi connectivity index (χ4n) is 5.08. The van der Waals surface area contributed by atoms with E-state index in [-0.39, 0.29) is 0 Å². The van der Waals surface area contributed by atoms with E-state index in [0.29, 0.717) is 49.8 Å². The highest BCUT2D eigenvalue weighted by molar-refractivity contribution is 6.42. The van der Waals surface area contributed by atoms with Crippen LogP contribution in [0, 0.1) is 5.82 Å². The third kappa shape index (κ3) is 5.39. The number of ether oxygens (including phenoxy) is 1. The van der Waals surface area contributed by atoms with Gasteiger partial charge in [0.2, 0.25) is 5.95 Å². The molecule has 4 heterocycles. The predicted octanol–water partition coefficient (Wildman–Crippen LogP) is 3.96. The van der Waals surface area contributed by atoms with Gasteiger partial charge in [0, 0.05) is 57.9 Å². The number of morpholine rings is 1. The van der Waals surface area contributed by atoms with Crippen LogP contribution in [0.25, 0.3) is 28.0 Å². The molecule has 0 aliphatic carbocycles. The van der Waals surface area contributed by atoms with Crippen molar-refractivity contribution in [3.8, 4) is 16.9 Å². The van der Waals surface area contributed by atoms with Crippen molar-refractivity contribution in [2.75, 3.05) is 76.2 Å².